The Labute approximate surface area is 86.4 Å². The number of hydrogen-bond acceptors (Lipinski definition) is 2. The van der Waals surface area contributed by atoms with Crippen molar-refractivity contribution < 1.29 is 39.8 Å². The second-order valence-corrected chi connectivity index (χ2v) is 2.18. The quantitative estimate of drug-likeness (QED) is 0.293. The third kappa shape index (κ3) is 5.92. The summed E-state index contributed by atoms with van der Waals surface area (Å²) in [6, 6.07) is 0. The van der Waals surface area contributed by atoms with Crippen LogP contribution in [0.4, 0.5) is 0 Å². The Kier molecular flexibility index (Phi) is 11.1. The van der Waals surface area contributed by atoms with E-state index in [4.69, 9.17) is 33.4 Å². The van der Waals surface area contributed by atoms with E-state index in [0.717, 1.165) is 0 Å². The van der Waals surface area contributed by atoms with Gasteiger partial charge in [0.25, 0.3) is 0 Å². The molecule has 0 heterocycles. The summed E-state index contributed by atoms with van der Waals surface area (Å²) in [4.78, 5) is 0. The summed E-state index contributed by atoms with van der Waals surface area (Å²) in [6.07, 6.45) is -1.02. The molecule has 0 aliphatic carbocycles. The van der Waals surface area contributed by atoms with E-state index in [-0.39, 0.29) is 35.4 Å². The molecule has 50 valence electrons. The largest absolute Gasteiger partial charge is 1.00 e. The fourth-order valence-electron chi connectivity index (χ4n) is 0.185. The average molecular weight is 181 g/mol. The van der Waals surface area contributed by atoms with Gasteiger partial charge >= 0.3 is 29.6 Å². The second kappa shape index (κ2) is 7.61. The first kappa shape index (κ1) is 13.1. The van der Waals surface area contributed by atoms with Gasteiger partial charge in [0.2, 0.25) is 0 Å². The van der Waals surface area contributed by atoms with E-state index in [0.29, 0.717) is 6.61 Å². The zero-order chi connectivity index (χ0) is 6.57. The van der Waals surface area contributed by atoms with Gasteiger partial charge < -0.3 is 10.2 Å². The van der Waals surface area contributed by atoms with Crippen molar-refractivity contribution in [3.05, 3.63) is 6.61 Å². The molecule has 0 aromatic heterocycles. The molecule has 0 radical (unpaired) electrons. The molecule has 0 aromatic rings. The smallest absolute Gasteiger partial charge is 0.563 e. The van der Waals surface area contributed by atoms with Crippen molar-refractivity contribution in [1.29, 1.82) is 0 Å². The van der Waals surface area contributed by atoms with Crippen LogP contribution in [0.5, 0.6) is 0 Å². The molecule has 0 amide bonds. The Bertz CT molecular complexity index is 56.5. The Hall–Kier alpha value is 1.50. The predicted octanol–water partition coefficient (Wildman–Crippen LogP) is -2.27. The predicted molar refractivity (Wildman–Crippen MR) is 32.6 cm³/mol. The molecule has 2 N–H and O–H groups in total. The van der Waals surface area contributed by atoms with Gasteiger partial charge in [0.15, 0.2) is 0 Å². The van der Waals surface area contributed by atoms with Gasteiger partial charge in [0.1, 0.15) is 0 Å². The maximum atomic E-state index is 8.60. The first-order chi connectivity index (χ1) is 3.72. The van der Waals surface area contributed by atoms with Crippen LogP contribution in [0.15, 0.2) is 0 Å². The number of hydrogen-bond donors (Lipinski definition) is 2. The van der Waals surface area contributed by atoms with Crippen LogP contribution in [0.2, 0.25) is 0 Å². The minimum absolute atomic E-state index is 0. The zero-order valence-electron chi connectivity index (χ0n) is 5.09. The van der Waals surface area contributed by atoms with Crippen LogP contribution in [0.1, 0.15) is 0 Å². The van der Waals surface area contributed by atoms with Gasteiger partial charge in [0.05, 0.1) is 0 Å². The molecule has 0 aliphatic heterocycles. The molecular formula is C4H7Cl2NaO2. The Morgan fingerprint density at radius 2 is 2.00 bits per heavy atom. The van der Waals surface area contributed by atoms with Crippen LogP contribution in [0, 0.1) is 6.61 Å². The van der Waals surface area contributed by atoms with Gasteiger partial charge in [-0.1, -0.05) is 0 Å². The van der Waals surface area contributed by atoms with Crippen molar-refractivity contribution >= 4 is 23.2 Å². The van der Waals surface area contributed by atoms with Crippen LogP contribution in [-0.2, 0) is 0 Å². The first-order valence-corrected chi connectivity index (χ1v) is 3.05. The van der Waals surface area contributed by atoms with Crippen LogP contribution in [-0.4, -0.2) is 27.6 Å². The second-order valence-electron chi connectivity index (χ2n) is 1.31. The van der Waals surface area contributed by atoms with E-state index in [1.807, 2.05) is 0 Å². The fraction of sp³-hybridized carbons (Fsp3) is 0.750. The van der Waals surface area contributed by atoms with Gasteiger partial charge in [0, 0.05) is 11.3 Å². The molecule has 0 aliphatic rings. The van der Waals surface area contributed by atoms with Gasteiger partial charge in [-0.25, -0.2) is 0 Å². The van der Waals surface area contributed by atoms with Gasteiger partial charge in [-0.3, -0.25) is 0 Å². The van der Waals surface area contributed by atoms with Crippen LogP contribution >= 0.6 is 23.2 Å². The van der Waals surface area contributed by atoms with Gasteiger partial charge in [-0.2, -0.15) is 6.61 Å². The maximum absolute atomic E-state index is 8.60. The topological polar surface area (TPSA) is 40.5 Å². The summed E-state index contributed by atoms with van der Waals surface area (Å²) in [5.41, 5.74) is 0. The number of aliphatic hydroxyl groups excluding tert-OH is 2. The summed E-state index contributed by atoms with van der Waals surface area (Å²) >= 11 is 10.5. The van der Waals surface area contributed by atoms with E-state index < -0.39 is 11.5 Å². The molecule has 2 nitrogen and oxygen atoms in total. The Morgan fingerprint density at radius 3 is 2.11 bits per heavy atom. The van der Waals surface area contributed by atoms with Crippen molar-refractivity contribution in [2.45, 2.75) is 11.5 Å². The fourth-order valence-corrected chi connectivity index (χ4v) is 0.432. The summed E-state index contributed by atoms with van der Waals surface area (Å²) in [6.45, 7) is 0.611. The van der Waals surface area contributed by atoms with E-state index in [9.17, 15) is 0 Å². The van der Waals surface area contributed by atoms with Crippen LogP contribution < -0.4 is 29.6 Å². The molecular weight excluding hydrogens is 174 g/mol. The number of rotatable bonds is 3. The molecule has 0 rings (SSSR count). The SMILES string of the molecule is O[CH-]C(O)C(Cl)CCl.[Na+]. The van der Waals surface area contributed by atoms with Crippen molar-refractivity contribution in [2.24, 2.45) is 0 Å². The van der Waals surface area contributed by atoms with Crippen LogP contribution in [0.25, 0.3) is 0 Å². The van der Waals surface area contributed by atoms with E-state index >= 15 is 0 Å². The zero-order valence-corrected chi connectivity index (χ0v) is 8.60. The van der Waals surface area contributed by atoms with Crippen molar-refractivity contribution in [3.63, 3.8) is 0 Å². The molecule has 0 saturated carbocycles. The molecule has 0 saturated heterocycles. The molecule has 2 atom stereocenters. The summed E-state index contributed by atoms with van der Waals surface area (Å²) in [5, 5.41) is 16.1. The first-order valence-electron chi connectivity index (χ1n) is 2.08. The number of aliphatic hydroxyl groups is 2. The average Bonchev–Trinajstić information content (AvgIpc) is 1.84. The molecule has 9 heavy (non-hydrogen) atoms. The van der Waals surface area contributed by atoms with Crippen LogP contribution in [0.3, 0.4) is 0 Å². The molecule has 0 spiro atoms. The number of halogens is 2. The summed E-state index contributed by atoms with van der Waals surface area (Å²) < 4.78 is 0. The summed E-state index contributed by atoms with van der Waals surface area (Å²) in [5.74, 6) is 0.125. The van der Waals surface area contributed by atoms with Gasteiger partial charge in [-0.15, -0.1) is 23.2 Å². The Balaban J connectivity index is 0. The molecule has 5 heteroatoms. The third-order valence-electron chi connectivity index (χ3n) is 0.671. The normalized spacial score (nSPS) is 16.0. The minimum Gasteiger partial charge on any atom is -0.563 e. The van der Waals surface area contributed by atoms with Crippen molar-refractivity contribution in [3.8, 4) is 0 Å². The van der Waals surface area contributed by atoms with Gasteiger partial charge in [-0.05, 0) is 6.10 Å². The molecule has 0 fully saturated rings. The van der Waals surface area contributed by atoms with Crippen molar-refractivity contribution in [1.82, 2.24) is 0 Å². The molecule has 0 aromatic carbocycles. The molecule has 0 bridgehead atoms. The van der Waals surface area contributed by atoms with E-state index in [1.165, 1.54) is 0 Å². The van der Waals surface area contributed by atoms with E-state index in [1.54, 1.807) is 0 Å². The van der Waals surface area contributed by atoms with Crippen molar-refractivity contribution in [2.75, 3.05) is 5.88 Å². The monoisotopic (exact) mass is 180 g/mol. The third-order valence-corrected chi connectivity index (χ3v) is 1.57. The number of alkyl halides is 2. The van der Waals surface area contributed by atoms with E-state index in [2.05, 4.69) is 0 Å². The standard InChI is InChI=1S/C4H7Cl2O2.Na/c5-1-3(6)4(8)2-7;/h2-4,7-8H,1H2;/q-1;+1. The summed E-state index contributed by atoms with van der Waals surface area (Å²) in [7, 11) is 0. The molecule has 2 unspecified atom stereocenters. The Morgan fingerprint density at radius 1 is 1.56 bits per heavy atom. The maximum Gasteiger partial charge on any atom is 1.00 e. The minimum atomic E-state index is -1.02.